The monoisotopic (exact) mass is 860 g/mol. The van der Waals surface area contributed by atoms with Crippen LogP contribution in [0.25, 0.3) is 0 Å². The number of hydrogen-bond donors (Lipinski definition) is 6. The van der Waals surface area contributed by atoms with Crippen LogP contribution in [-0.2, 0) is 22.4 Å². The van der Waals surface area contributed by atoms with Gasteiger partial charge in [0.1, 0.15) is 4.34 Å². The fourth-order valence-electron chi connectivity index (χ4n) is 6.07. The number of hydrogen-bond acceptors (Lipinski definition) is 10. The fraction of sp³-hybridized carbons (Fsp3) is 0.389. The second-order valence-electron chi connectivity index (χ2n) is 12.9. The van der Waals surface area contributed by atoms with Crippen molar-refractivity contribution in [2.75, 3.05) is 57.2 Å². The number of nitrogens with zero attached hydrogens (tertiary/aromatic N) is 4. The van der Waals surface area contributed by atoms with Crippen LogP contribution in [0, 0.1) is 13.8 Å². The van der Waals surface area contributed by atoms with Gasteiger partial charge in [-0.3, -0.25) is 20.2 Å². The molecule has 4 heterocycles. The smallest absolute Gasteiger partial charge is 0.325 e. The van der Waals surface area contributed by atoms with Crippen LogP contribution in [0.1, 0.15) is 61.0 Å². The molecule has 0 bridgehead atoms. The summed E-state index contributed by atoms with van der Waals surface area (Å²) in [4.78, 5) is 59.3. The van der Waals surface area contributed by atoms with E-state index in [-0.39, 0.29) is 28.0 Å². The lowest BCUT2D eigenvalue weighted by Gasteiger charge is -2.30. The highest BCUT2D eigenvalue weighted by molar-refractivity contribution is 9.11. The van der Waals surface area contributed by atoms with Gasteiger partial charge in [0, 0.05) is 26.2 Å². The van der Waals surface area contributed by atoms with Crippen LogP contribution in [-0.4, -0.2) is 70.4 Å². The number of carbonyl (C=O) groups is 4. The van der Waals surface area contributed by atoms with E-state index in [2.05, 4.69) is 69.1 Å². The summed E-state index contributed by atoms with van der Waals surface area (Å²) < 4.78 is 0.863. The largest absolute Gasteiger partial charge is 0.481 e. The Bertz CT molecular complexity index is 1840. The van der Waals surface area contributed by atoms with Gasteiger partial charge in [0.2, 0.25) is 0 Å². The van der Waals surface area contributed by atoms with Gasteiger partial charge in [-0.05, 0) is 104 Å². The minimum absolute atomic E-state index is 0.197. The third kappa shape index (κ3) is 11.8. The predicted octanol–water partition coefficient (Wildman–Crippen LogP) is 8.84. The molecular weight excluding hydrogens is 820 g/mol. The van der Waals surface area contributed by atoms with Gasteiger partial charge in [-0.15, -0.1) is 0 Å². The van der Waals surface area contributed by atoms with E-state index in [1.165, 1.54) is 24.2 Å². The predicted molar refractivity (Wildman–Crippen MR) is 219 cm³/mol. The maximum Gasteiger partial charge on any atom is 0.325 e. The lowest BCUT2D eigenvalue weighted by molar-refractivity contribution is -0.137. The van der Waals surface area contributed by atoms with Crippen LogP contribution < -0.4 is 31.1 Å². The number of aromatic nitrogens is 2. The number of thiazole rings is 2. The molecule has 4 aromatic rings. The molecule has 14 nitrogen and oxygen atoms in total. The van der Waals surface area contributed by atoms with Crippen molar-refractivity contribution in [1.29, 1.82) is 0 Å². The van der Waals surface area contributed by atoms with Crippen molar-refractivity contribution < 1.29 is 29.4 Å². The zero-order chi connectivity index (χ0) is 38.8. The van der Waals surface area contributed by atoms with Gasteiger partial charge in [0.25, 0.3) is 0 Å². The molecule has 4 amide bonds. The Morgan fingerprint density at radius 3 is 1.57 bits per heavy atom. The number of anilines is 6. The van der Waals surface area contributed by atoms with Gasteiger partial charge in [0.15, 0.2) is 10.3 Å². The second-order valence-corrected chi connectivity index (χ2v) is 16.8. The molecule has 0 aliphatic carbocycles. The molecule has 18 heteroatoms. The Balaban J connectivity index is 0.000000208. The van der Waals surface area contributed by atoms with E-state index in [4.69, 9.17) is 21.8 Å². The molecule has 2 aliphatic heterocycles. The lowest BCUT2D eigenvalue weighted by Crippen LogP contribution is -2.31. The van der Waals surface area contributed by atoms with E-state index in [9.17, 15) is 19.2 Å². The first-order chi connectivity index (χ1) is 25.8. The van der Waals surface area contributed by atoms with Crippen molar-refractivity contribution >= 4 is 107 Å². The molecule has 0 radical (unpaired) electrons. The van der Waals surface area contributed by atoms with Gasteiger partial charge in [-0.2, -0.15) is 0 Å². The lowest BCUT2D eigenvalue weighted by atomic mass is 10.1. The molecule has 2 aromatic carbocycles. The number of carbonyl (C=O) groups excluding carboxylic acids is 2. The van der Waals surface area contributed by atoms with Gasteiger partial charge in [-0.1, -0.05) is 46.4 Å². The number of aryl methyl sites for hydroxylation is 2. The van der Waals surface area contributed by atoms with Crippen LogP contribution >= 0.6 is 50.2 Å². The quantitative estimate of drug-likeness (QED) is 0.0899. The minimum atomic E-state index is -1.02. The molecule has 0 atom stereocenters. The molecule has 0 saturated carbocycles. The number of benzene rings is 2. The Hall–Kier alpha value is -4.45. The highest BCUT2D eigenvalue weighted by atomic mass is 79.9. The topological polar surface area (TPSA) is 189 Å². The normalized spacial score (nSPS) is 14.1. The summed E-state index contributed by atoms with van der Waals surface area (Å²) in [6.07, 6.45) is 6.58. The van der Waals surface area contributed by atoms with Crippen LogP contribution in [0.2, 0.25) is 4.34 Å². The highest BCUT2D eigenvalue weighted by Crippen LogP contribution is 2.33. The van der Waals surface area contributed by atoms with Gasteiger partial charge in [-0.25, -0.2) is 19.6 Å². The molecule has 2 aliphatic rings. The van der Waals surface area contributed by atoms with Crippen molar-refractivity contribution in [2.45, 2.75) is 65.2 Å². The molecule has 0 unspecified atom stereocenters. The summed E-state index contributed by atoms with van der Waals surface area (Å²) in [5, 5.41) is 29.4. The molecule has 0 spiro atoms. The first kappa shape index (κ1) is 40.7. The van der Waals surface area contributed by atoms with Crippen LogP contribution in [0.5, 0.6) is 0 Å². The number of carboxylic acids is 2. The van der Waals surface area contributed by atoms with Crippen molar-refractivity contribution in [3.05, 3.63) is 67.0 Å². The van der Waals surface area contributed by atoms with E-state index < -0.39 is 24.0 Å². The van der Waals surface area contributed by atoms with Crippen molar-refractivity contribution in [3.8, 4) is 0 Å². The van der Waals surface area contributed by atoms with E-state index in [0.29, 0.717) is 14.6 Å². The van der Waals surface area contributed by atoms with E-state index >= 15 is 0 Å². The first-order valence-corrected chi connectivity index (χ1v) is 20.3. The van der Waals surface area contributed by atoms with Crippen molar-refractivity contribution in [2.24, 2.45) is 0 Å². The molecule has 2 saturated heterocycles. The number of aliphatic carboxylic acids is 2. The molecule has 2 fully saturated rings. The molecular formula is C36H42BrClN8O6S2. The average molecular weight is 862 g/mol. The van der Waals surface area contributed by atoms with Gasteiger partial charge >= 0.3 is 24.0 Å². The molecule has 6 rings (SSSR count). The Morgan fingerprint density at radius 1 is 0.685 bits per heavy atom. The first-order valence-electron chi connectivity index (χ1n) is 17.5. The summed E-state index contributed by atoms with van der Waals surface area (Å²) in [7, 11) is 0. The summed E-state index contributed by atoms with van der Waals surface area (Å²) in [5.74, 6) is -1.99. The van der Waals surface area contributed by atoms with Crippen LogP contribution in [0.3, 0.4) is 0 Å². The minimum Gasteiger partial charge on any atom is -0.481 e. The second kappa shape index (κ2) is 19.2. The molecule has 54 heavy (non-hydrogen) atoms. The molecule has 288 valence electrons. The van der Waals surface area contributed by atoms with Gasteiger partial charge in [0.05, 0.1) is 50.8 Å². The summed E-state index contributed by atoms with van der Waals surface area (Å²) in [6, 6.07) is 11.0. The average Bonchev–Trinajstić information content (AvgIpc) is 3.64. The Kier molecular flexibility index (Phi) is 14.5. The maximum absolute atomic E-state index is 12.4. The number of urea groups is 2. The zero-order valence-electron chi connectivity index (χ0n) is 29.8. The fourth-order valence-corrected chi connectivity index (χ4v) is 8.49. The molecule has 2 aromatic heterocycles. The number of halogens is 2. The third-order valence-electron chi connectivity index (χ3n) is 8.57. The van der Waals surface area contributed by atoms with E-state index in [0.717, 1.165) is 97.1 Å². The third-order valence-corrected chi connectivity index (χ3v) is 11.6. The Labute approximate surface area is 334 Å². The molecule has 6 N–H and O–H groups in total. The number of rotatable bonds is 10. The summed E-state index contributed by atoms with van der Waals surface area (Å²) >= 11 is 11.5. The number of piperidine rings is 2. The zero-order valence-corrected chi connectivity index (χ0v) is 33.8. The van der Waals surface area contributed by atoms with E-state index in [1.54, 1.807) is 0 Å². The summed E-state index contributed by atoms with van der Waals surface area (Å²) in [5.41, 5.74) is 6.43. The Morgan fingerprint density at radius 2 is 1.11 bits per heavy atom. The van der Waals surface area contributed by atoms with Crippen molar-refractivity contribution in [3.63, 3.8) is 0 Å². The SMILES string of the molecule is Cc1ccc(NC(=O)Nc2nc(CC(=O)O)c(Br)s2)c(N2CCCCC2)c1.Cc1ccc(NC(=O)Nc2nc(CC(=O)O)c(Cl)s2)c(N2CCCCC2)c1. The van der Waals surface area contributed by atoms with Crippen LogP contribution in [0.4, 0.5) is 42.6 Å². The number of carboxylic acid groups (broad SMARTS) is 2. The van der Waals surface area contributed by atoms with Crippen LogP contribution in [0.15, 0.2) is 40.2 Å². The number of amides is 4. The van der Waals surface area contributed by atoms with E-state index in [1.807, 2.05) is 38.1 Å². The van der Waals surface area contributed by atoms with Gasteiger partial charge < -0.3 is 30.6 Å². The highest BCUT2D eigenvalue weighted by Gasteiger charge is 2.20. The number of nitrogens with one attached hydrogen (secondary N) is 4. The van der Waals surface area contributed by atoms with Crippen molar-refractivity contribution in [1.82, 2.24) is 9.97 Å². The summed E-state index contributed by atoms with van der Waals surface area (Å²) in [6.45, 7) is 7.98. The maximum atomic E-state index is 12.4. The standard InChI is InChI=1S/C18H21BrN4O3S.C18H21ClN4O3S/c2*1-11-5-6-12(14(9-11)23-7-3-2-4-8-23)20-17(26)22-18-21-13(10-15(24)25)16(19)27-18/h2*5-6,9H,2-4,7-8,10H2,1H3,(H,24,25)(H2,20,21,22,26).